The van der Waals surface area contributed by atoms with Gasteiger partial charge < -0.3 is 4.74 Å². The Balaban J connectivity index is 3.01. The lowest BCUT2D eigenvalue weighted by Crippen LogP contribution is -2.06. The van der Waals surface area contributed by atoms with E-state index in [9.17, 15) is 13.2 Å². The van der Waals surface area contributed by atoms with Crippen molar-refractivity contribution in [1.29, 1.82) is 0 Å². The zero-order chi connectivity index (χ0) is 10.8. The molecule has 0 fully saturated rings. The van der Waals surface area contributed by atoms with Crippen LogP contribution < -0.4 is 0 Å². The fourth-order valence-electron chi connectivity index (χ4n) is 0.864. The van der Waals surface area contributed by atoms with Gasteiger partial charge in [0.1, 0.15) is 0 Å². The van der Waals surface area contributed by atoms with Crippen molar-refractivity contribution < 1.29 is 17.9 Å². The molecule has 1 rings (SSSR count). The molecular formula is C8H7ClF3NO. The van der Waals surface area contributed by atoms with Gasteiger partial charge in [0, 0.05) is 13.3 Å². The van der Waals surface area contributed by atoms with E-state index >= 15 is 0 Å². The summed E-state index contributed by atoms with van der Waals surface area (Å²) in [5, 5.41) is -0.0401. The van der Waals surface area contributed by atoms with Gasteiger partial charge in [0.2, 0.25) is 0 Å². The summed E-state index contributed by atoms with van der Waals surface area (Å²) in [6, 6.07) is 0.836. The van der Waals surface area contributed by atoms with E-state index in [1.165, 1.54) is 7.11 Å². The van der Waals surface area contributed by atoms with E-state index in [4.69, 9.17) is 16.3 Å². The van der Waals surface area contributed by atoms with Gasteiger partial charge in [-0.2, -0.15) is 13.2 Å². The first-order chi connectivity index (χ1) is 6.45. The van der Waals surface area contributed by atoms with Crippen molar-refractivity contribution in [3.63, 3.8) is 0 Å². The van der Waals surface area contributed by atoms with Gasteiger partial charge in [-0.1, -0.05) is 11.6 Å². The van der Waals surface area contributed by atoms with Gasteiger partial charge in [-0.05, 0) is 6.07 Å². The number of nitrogens with zero attached hydrogens (tertiary/aromatic N) is 1. The van der Waals surface area contributed by atoms with Crippen LogP contribution in [0.2, 0.25) is 5.02 Å². The molecule has 0 atom stereocenters. The number of methoxy groups -OCH3 is 1. The summed E-state index contributed by atoms with van der Waals surface area (Å²) >= 11 is 5.57. The molecule has 78 valence electrons. The van der Waals surface area contributed by atoms with Crippen LogP contribution >= 0.6 is 11.6 Å². The molecular weight excluding hydrogens is 219 g/mol. The van der Waals surface area contributed by atoms with Crippen molar-refractivity contribution >= 4 is 11.6 Å². The minimum atomic E-state index is -4.41. The van der Waals surface area contributed by atoms with Crippen LogP contribution in [0.5, 0.6) is 0 Å². The van der Waals surface area contributed by atoms with Crippen LogP contribution in [0.15, 0.2) is 12.3 Å². The number of rotatable bonds is 2. The average molecular weight is 226 g/mol. The number of halogens is 4. The SMILES string of the molecule is COCc1ncc(C(F)(F)F)cc1Cl. The molecule has 0 bridgehead atoms. The molecule has 1 aromatic rings. The number of hydrogen-bond acceptors (Lipinski definition) is 2. The molecule has 1 aromatic heterocycles. The highest BCUT2D eigenvalue weighted by Crippen LogP contribution is 2.31. The van der Waals surface area contributed by atoms with Gasteiger partial charge in [-0.15, -0.1) is 0 Å². The predicted octanol–water partition coefficient (Wildman–Crippen LogP) is 2.90. The molecule has 0 saturated carbocycles. The van der Waals surface area contributed by atoms with E-state index in [0.29, 0.717) is 5.69 Å². The number of alkyl halides is 3. The Morgan fingerprint density at radius 2 is 2.14 bits per heavy atom. The highest BCUT2D eigenvalue weighted by atomic mass is 35.5. The molecule has 0 aliphatic heterocycles. The Bertz CT molecular complexity index is 327. The summed E-state index contributed by atoms with van der Waals surface area (Å²) in [6.07, 6.45) is -3.68. The van der Waals surface area contributed by atoms with E-state index in [0.717, 1.165) is 12.3 Å². The minimum Gasteiger partial charge on any atom is -0.378 e. The first-order valence-electron chi connectivity index (χ1n) is 3.65. The molecule has 0 N–H and O–H groups in total. The highest BCUT2D eigenvalue weighted by Gasteiger charge is 2.31. The third-order valence-electron chi connectivity index (χ3n) is 1.53. The summed E-state index contributed by atoms with van der Waals surface area (Å²) in [5.41, 5.74) is -0.565. The van der Waals surface area contributed by atoms with Gasteiger partial charge in [-0.3, -0.25) is 4.98 Å². The molecule has 0 amide bonds. The van der Waals surface area contributed by atoms with Crippen molar-refractivity contribution in [2.24, 2.45) is 0 Å². The summed E-state index contributed by atoms with van der Waals surface area (Å²) < 4.78 is 41.2. The quantitative estimate of drug-likeness (QED) is 0.772. The second kappa shape index (κ2) is 4.14. The zero-order valence-corrected chi connectivity index (χ0v) is 7.99. The zero-order valence-electron chi connectivity index (χ0n) is 7.23. The fraction of sp³-hybridized carbons (Fsp3) is 0.375. The molecule has 0 radical (unpaired) electrons. The number of ether oxygens (including phenoxy) is 1. The summed E-state index contributed by atoms with van der Waals surface area (Å²) in [5.74, 6) is 0. The van der Waals surface area contributed by atoms with Crippen molar-refractivity contribution in [3.8, 4) is 0 Å². The van der Waals surface area contributed by atoms with E-state index in [2.05, 4.69) is 4.98 Å². The Morgan fingerprint density at radius 3 is 2.57 bits per heavy atom. The fourth-order valence-corrected chi connectivity index (χ4v) is 1.09. The Kier molecular flexibility index (Phi) is 3.34. The van der Waals surface area contributed by atoms with E-state index < -0.39 is 11.7 Å². The molecule has 14 heavy (non-hydrogen) atoms. The lowest BCUT2D eigenvalue weighted by atomic mass is 10.2. The maximum absolute atomic E-state index is 12.2. The molecule has 0 aliphatic rings. The molecule has 6 heteroatoms. The summed E-state index contributed by atoms with van der Waals surface area (Å²) in [6.45, 7) is 0.0942. The van der Waals surface area contributed by atoms with Gasteiger partial charge in [0.25, 0.3) is 0 Å². The highest BCUT2D eigenvalue weighted by molar-refractivity contribution is 6.31. The number of aromatic nitrogens is 1. The molecule has 0 spiro atoms. The predicted molar refractivity (Wildman–Crippen MR) is 45.0 cm³/mol. The van der Waals surface area contributed by atoms with Crippen LogP contribution in [0.1, 0.15) is 11.3 Å². The lowest BCUT2D eigenvalue weighted by molar-refractivity contribution is -0.137. The van der Waals surface area contributed by atoms with E-state index in [1.54, 1.807) is 0 Å². The standard InChI is InChI=1S/C8H7ClF3NO/c1-14-4-7-6(9)2-5(3-13-7)8(10,11)12/h2-3H,4H2,1H3. The first-order valence-corrected chi connectivity index (χ1v) is 4.03. The van der Waals surface area contributed by atoms with Crippen LogP contribution in [0.3, 0.4) is 0 Å². The summed E-state index contributed by atoms with van der Waals surface area (Å²) in [4.78, 5) is 3.56. The van der Waals surface area contributed by atoms with Crippen LogP contribution in [0.4, 0.5) is 13.2 Å². The Hall–Kier alpha value is -0.810. The summed E-state index contributed by atoms with van der Waals surface area (Å²) in [7, 11) is 1.41. The van der Waals surface area contributed by atoms with Crippen molar-refractivity contribution in [2.45, 2.75) is 12.8 Å². The normalized spacial score (nSPS) is 11.8. The second-order valence-corrected chi connectivity index (χ2v) is 2.99. The topological polar surface area (TPSA) is 22.1 Å². The third kappa shape index (κ3) is 2.59. The van der Waals surface area contributed by atoms with Crippen LogP contribution in [-0.4, -0.2) is 12.1 Å². The first kappa shape index (κ1) is 11.3. The number of hydrogen-bond donors (Lipinski definition) is 0. The van der Waals surface area contributed by atoms with Gasteiger partial charge in [0.05, 0.1) is 22.9 Å². The van der Waals surface area contributed by atoms with Crippen LogP contribution in [0.25, 0.3) is 0 Å². The van der Waals surface area contributed by atoms with Gasteiger partial charge in [-0.25, -0.2) is 0 Å². The Morgan fingerprint density at radius 1 is 1.50 bits per heavy atom. The molecule has 0 aliphatic carbocycles. The van der Waals surface area contributed by atoms with Crippen molar-refractivity contribution in [2.75, 3.05) is 7.11 Å². The van der Waals surface area contributed by atoms with Crippen LogP contribution in [-0.2, 0) is 17.5 Å². The maximum atomic E-state index is 12.2. The maximum Gasteiger partial charge on any atom is 0.417 e. The van der Waals surface area contributed by atoms with Gasteiger partial charge in [0.15, 0.2) is 0 Å². The largest absolute Gasteiger partial charge is 0.417 e. The monoisotopic (exact) mass is 225 g/mol. The second-order valence-electron chi connectivity index (χ2n) is 2.58. The molecule has 1 heterocycles. The van der Waals surface area contributed by atoms with Gasteiger partial charge >= 0.3 is 6.18 Å². The van der Waals surface area contributed by atoms with Crippen molar-refractivity contribution in [3.05, 3.63) is 28.5 Å². The average Bonchev–Trinajstić information content (AvgIpc) is 2.07. The van der Waals surface area contributed by atoms with E-state index in [1.807, 2.05) is 0 Å². The molecule has 0 saturated heterocycles. The lowest BCUT2D eigenvalue weighted by Gasteiger charge is -2.08. The molecule has 0 unspecified atom stereocenters. The smallest absolute Gasteiger partial charge is 0.378 e. The molecule has 2 nitrogen and oxygen atoms in total. The third-order valence-corrected chi connectivity index (χ3v) is 1.85. The minimum absolute atomic E-state index is 0.0401. The van der Waals surface area contributed by atoms with E-state index in [-0.39, 0.29) is 11.6 Å². The number of pyridine rings is 1. The van der Waals surface area contributed by atoms with Crippen molar-refractivity contribution in [1.82, 2.24) is 4.98 Å². The molecule has 0 aromatic carbocycles. The van der Waals surface area contributed by atoms with Crippen LogP contribution in [0, 0.1) is 0 Å². The Labute approximate surface area is 83.7 Å².